The summed E-state index contributed by atoms with van der Waals surface area (Å²) in [5, 5.41) is 9.12. The Morgan fingerprint density at radius 2 is 1.95 bits per heavy atom. The zero-order valence-electron chi connectivity index (χ0n) is 11.4. The van der Waals surface area contributed by atoms with E-state index < -0.39 is 5.97 Å². The number of halogens is 1. The predicted octanol–water partition coefficient (Wildman–Crippen LogP) is 3.30. The average molecular weight is 324 g/mol. The van der Waals surface area contributed by atoms with Crippen LogP contribution in [0.5, 0.6) is 0 Å². The van der Waals surface area contributed by atoms with Gasteiger partial charge in [0.25, 0.3) is 0 Å². The molecule has 0 fully saturated rings. The van der Waals surface area contributed by atoms with E-state index in [9.17, 15) is 9.59 Å². The van der Waals surface area contributed by atoms with Crippen molar-refractivity contribution < 1.29 is 14.7 Å². The number of hydrogen-bond acceptors (Lipinski definition) is 3. The number of amides is 1. The second-order valence-electron chi connectivity index (χ2n) is 4.59. The van der Waals surface area contributed by atoms with Crippen LogP contribution in [-0.4, -0.2) is 28.9 Å². The molecule has 0 aliphatic carbocycles. The van der Waals surface area contributed by atoms with E-state index >= 15 is 0 Å². The first-order valence-electron chi connectivity index (χ1n) is 6.26. The molecule has 4 nitrogen and oxygen atoms in total. The van der Waals surface area contributed by atoms with E-state index in [2.05, 4.69) is 0 Å². The number of benzene rings is 1. The summed E-state index contributed by atoms with van der Waals surface area (Å²) in [5.74, 6) is -1.15. The van der Waals surface area contributed by atoms with Crippen molar-refractivity contribution in [3.63, 3.8) is 0 Å². The SMILES string of the molecule is CN(Cc1ccc(Cl)s1)C(=O)Cc1ccccc1C(=O)O. The molecule has 0 spiro atoms. The fourth-order valence-electron chi connectivity index (χ4n) is 1.94. The molecule has 2 aromatic rings. The monoisotopic (exact) mass is 323 g/mol. The minimum absolute atomic E-state index is 0.0675. The van der Waals surface area contributed by atoms with Gasteiger partial charge < -0.3 is 10.0 Å². The lowest BCUT2D eigenvalue weighted by Crippen LogP contribution is -2.27. The first-order chi connectivity index (χ1) is 9.97. The van der Waals surface area contributed by atoms with Gasteiger partial charge in [-0.1, -0.05) is 29.8 Å². The van der Waals surface area contributed by atoms with E-state index in [0.717, 1.165) is 4.88 Å². The van der Waals surface area contributed by atoms with Gasteiger partial charge in [0.1, 0.15) is 0 Å². The van der Waals surface area contributed by atoms with E-state index in [1.165, 1.54) is 17.4 Å². The Kier molecular flexibility index (Phi) is 4.98. The fraction of sp³-hybridized carbons (Fsp3) is 0.200. The van der Waals surface area contributed by atoms with Crippen LogP contribution in [0, 0.1) is 0 Å². The minimum Gasteiger partial charge on any atom is -0.478 e. The summed E-state index contributed by atoms with van der Waals surface area (Å²) >= 11 is 7.28. The topological polar surface area (TPSA) is 57.6 Å². The summed E-state index contributed by atoms with van der Waals surface area (Å²) in [6.45, 7) is 0.464. The Morgan fingerprint density at radius 3 is 2.57 bits per heavy atom. The van der Waals surface area contributed by atoms with Gasteiger partial charge in [0.05, 0.1) is 22.9 Å². The average Bonchev–Trinajstić information content (AvgIpc) is 2.84. The molecule has 0 atom stereocenters. The van der Waals surface area contributed by atoms with Crippen LogP contribution in [0.1, 0.15) is 20.8 Å². The van der Waals surface area contributed by atoms with Gasteiger partial charge in [-0.2, -0.15) is 0 Å². The van der Waals surface area contributed by atoms with E-state index in [1.54, 1.807) is 36.2 Å². The van der Waals surface area contributed by atoms with Crippen LogP contribution in [0.3, 0.4) is 0 Å². The molecule has 2 rings (SSSR count). The van der Waals surface area contributed by atoms with Crippen molar-refractivity contribution in [2.75, 3.05) is 7.05 Å². The van der Waals surface area contributed by atoms with Crippen LogP contribution in [-0.2, 0) is 17.8 Å². The van der Waals surface area contributed by atoms with Crippen molar-refractivity contribution in [3.8, 4) is 0 Å². The Labute approximate surface area is 131 Å². The number of nitrogens with zero attached hydrogens (tertiary/aromatic N) is 1. The lowest BCUT2D eigenvalue weighted by atomic mass is 10.0. The second-order valence-corrected chi connectivity index (χ2v) is 6.39. The molecule has 0 radical (unpaired) electrons. The molecular formula is C15H14ClNO3S. The van der Waals surface area contributed by atoms with Gasteiger partial charge >= 0.3 is 5.97 Å². The molecule has 0 unspecified atom stereocenters. The first kappa shape index (κ1) is 15.5. The van der Waals surface area contributed by atoms with E-state index in [1.807, 2.05) is 6.07 Å². The molecule has 21 heavy (non-hydrogen) atoms. The summed E-state index contributed by atoms with van der Waals surface area (Å²) in [5.41, 5.74) is 0.685. The van der Waals surface area contributed by atoms with Crippen molar-refractivity contribution >= 4 is 34.8 Å². The van der Waals surface area contributed by atoms with Crippen molar-refractivity contribution in [1.82, 2.24) is 4.90 Å². The van der Waals surface area contributed by atoms with E-state index in [4.69, 9.17) is 16.7 Å². The highest BCUT2D eigenvalue weighted by atomic mass is 35.5. The maximum Gasteiger partial charge on any atom is 0.335 e. The van der Waals surface area contributed by atoms with Gasteiger partial charge in [0.2, 0.25) is 5.91 Å². The van der Waals surface area contributed by atoms with Gasteiger partial charge in [0.15, 0.2) is 0 Å². The second kappa shape index (κ2) is 6.74. The molecular weight excluding hydrogens is 310 g/mol. The fourth-order valence-corrected chi connectivity index (χ4v) is 3.08. The first-order valence-corrected chi connectivity index (χ1v) is 7.46. The molecule has 0 aliphatic heterocycles. The zero-order valence-corrected chi connectivity index (χ0v) is 12.9. The van der Waals surface area contributed by atoms with E-state index in [-0.39, 0.29) is 17.9 Å². The lowest BCUT2D eigenvalue weighted by Gasteiger charge is -2.16. The highest BCUT2D eigenvalue weighted by Crippen LogP contribution is 2.22. The molecule has 0 saturated carbocycles. The standard InChI is InChI=1S/C15H14ClNO3S/c1-17(9-11-6-7-13(16)21-11)14(18)8-10-4-2-3-5-12(10)15(19)20/h2-7H,8-9H2,1H3,(H,19,20). The van der Waals surface area contributed by atoms with Crippen molar-refractivity contribution in [2.45, 2.75) is 13.0 Å². The number of thiophene rings is 1. The molecule has 1 aromatic heterocycles. The number of carbonyl (C=O) groups excluding carboxylic acids is 1. The summed E-state index contributed by atoms with van der Waals surface area (Å²) < 4.78 is 0.682. The summed E-state index contributed by atoms with van der Waals surface area (Å²) in [7, 11) is 1.69. The third-order valence-electron chi connectivity index (χ3n) is 3.04. The maximum absolute atomic E-state index is 12.2. The van der Waals surface area contributed by atoms with Gasteiger partial charge in [-0.25, -0.2) is 4.79 Å². The number of carboxylic acids is 1. The number of hydrogen-bond donors (Lipinski definition) is 1. The largest absolute Gasteiger partial charge is 0.478 e. The molecule has 6 heteroatoms. The molecule has 1 aromatic carbocycles. The van der Waals surface area contributed by atoms with Crippen LogP contribution in [0.2, 0.25) is 4.34 Å². The molecule has 0 bridgehead atoms. The van der Waals surface area contributed by atoms with Gasteiger partial charge in [-0.05, 0) is 23.8 Å². The van der Waals surface area contributed by atoms with Crippen LogP contribution in [0.4, 0.5) is 0 Å². The molecule has 1 heterocycles. The van der Waals surface area contributed by atoms with Crippen LogP contribution >= 0.6 is 22.9 Å². The smallest absolute Gasteiger partial charge is 0.335 e. The Balaban J connectivity index is 2.05. The Morgan fingerprint density at radius 1 is 1.24 bits per heavy atom. The summed E-state index contributed by atoms with van der Waals surface area (Å²) in [6, 6.07) is 10.2. The van der Waals surface area contributed by atoms with Crippen LogP contribution < -0.4 is 0 Å². The number of carboxylic acid groups (broad SMARTS) is 1. The summed E-state index contributed by atoms with van der Waals surface area (Å²) in [6.07, 6.45) is 0.0675. The maximum atomic E-state index is 12.2. The van der Waals surface area contributed by atoms with Crippen molar-refractivity contribution in [3.05, 3.63) is 56.7 Å². The quantitative estimate of drug-likeness (QED) is 0.918. The zero-order chi connectivity index (χ0) is 15.4. The number of aromatic carboxylic acids is 1. The minimum atomic E-state index is -1.02. The van der Waals surface area contributed by atoms with Crippen molar-refractivity contribution in [1.29, 1.82) is 0 Å². The third-order valence-corrected chi connectivity index (χ3v) is 4.25. The summed E-state index contributed by atoms with van der Waals surface area (Å²) in [4.78, 5) is 25.9. The van der Waals surface area contributed by atoms with Crippen LogP contribution in [0.25, 0.3) is 0 Å². The number of rotatable bonds is 5. The Bertz CT molecular complexity index is 668. The third kappa shape index (κ3) is 4.06. The highest BCUT2D eigenvalue weighted by molar-refractivity contribution is 7.16. The molecule has 110 valence electrons. The van der Waals surface area contributed by atoms with Crippen LogP contribution in [0.15, 0.2) is 36.4 Å². The van der Waals surface area contributed by atoms with Gasteiger partial charge in [-0.15, -0.1) is 11.3 Å². The molecule has 0 saturated heterocycles. The highest BCUT2D eigenvalue weighted by Gasteiger charge is 2.16. The normalized spacial score (nSPS) is 10.4. The van der Waals surface area contributed by atoms with E-state index in [0.29, 0.717) is 16.4 Å². The molecule has 1 amide bonds. The lowest BCUT2D eigenvalue weighted by molar-refractivity contribution is -0.129. The molecule has 0 aliphatic rings. The van der Waals surface area contributed by atoms with Gasteiger partial charge in [-0.3, -0.25) is 4.79 Å². The number of carbonyl (C=O) groups is 2. The van der Waals surface area contributed by atoms with Gasteiger partial charge in [0, 0.05) is 11.9 Å². The van der Waals surface area contributed by atoms with Crippen molar-refractivity contribution in [2.24, 2.45) is 0 Å². The number of likely N-dealkylation sites (N-methyl/N-ethyl adjacent to an activating group) is 1. The predicted molar refractivity (Wildman–Crippen MR) is 82.9 cm³/mol. The Hall–Kier alpha value is -1.85. The molecule has 1 N–H and O–H groups in total.